The molecule has 0 saturated carbocycles. The quantitative estimate of drug-likeness (QED) is 0.853. The molecule has 0 spiro atoms. The van der Waals surface area contributed by atoms with Gasteiger partial charge in [0.05, 0.1) is 0 Å². The molecule has 0 radical (unpaired) electrons. The van der Waals surface area contributed by atoms with Crippen molar-refractivity contribution in [2.24, 2.45) is 0 Å². The van der Waals surface area contributed by atoms with Crippen molar-refractivity contribution in [3.63, 3.8) is 0 Å². The van der Waals surface area contributed by atoms with Crippen molar-refractivity contribution in [2.45, 2.75) is 19.4 Å². The predicted molar refractivity (Wildman–Crippen MR) is 81.5 cm³/mol. The van der Waals surface area contributed by atoms with Gasteiger partial charge in [0.1, 0.15) is 5.82 Å². The Morgan fingerprint density at radius 2 is 1.90 bits per heavy atom. The van der Waals surface area contributed by atoms with Crippen LogP contribution in [0.2, 0.25) is 0 Å². The van der Waals surface area contributed by atoms with E-state index in [-0.39, 0.29) is 5.82 Å². The Bertz CT molecular complexity index is 402. The second-order valence-corrected chi connectivity index (χ2v) is 5.80. The maximum absolute atomic E-state index is 13.6. The topological polar surface area (TPSA) is 18.5 Å². The Morgan fingerprint density at radius 1 is 1.20 bits per heavy atom. The first kappa shape index (κ1) is 15.4. The van der Waals surface area contributed by atoms with Crippen LogP contribution in [0, 0.1) is 5.82 Å². The molecule has 112 valence electrons. The minimum absolute atomic E-state index is 0.0970. The SMILES string of the molecule is CC(Cc1ccccc1F)NCCN1CCN(C)CC1. The highest BCUT2D eigenvalue weighted by Gasteiger charge is 2.13. The van der Waals surface area contributed by atoms with Crippen LogP contribution in [0.1, 0.15) is 12.5 Å². The molecule has 0 bridgehead atoms. The van der Waals surface area contributed by atoms with Crippen molar-refractivity contribution < 1.29 is 4.39 Å². The van der Waals surface area contributed by atoms with E-state index in [0.29, 0.717) is 6.04 Å². The van der Waals surface area contributed by atoms with Crippen molar-refractivity contribution >= 4 is 0 Å². The average Bonchev–Trinajstić information content (AvgIpc) is 2.44. The number of rotatable bonds is 6. The van der Waals surface area contributed by atoms with Gasteiger partial charge in [-0.05, 0) is 32.0 Å². The van der Waals surface area contributed by atoms with Gasteiger partial charge < -0.3 is 10.2 Å². The molecule has 20 heavy (non-hydrogen) atoms. The fourth-order valence-electron chi connectivity index (χ4n) is 2.61. The number of hydrogen-bond donors (Lipinski definition) is 1. The summed E-state index contributed by atoms with van der Waals surface area (Å²) in [5, 5.41) is 3.49. The molecule has 1 aromatic carbocycles. The Kier molecular flexibility index (Phi) is 5.95. The van der Waals surface area contributed by atoms with Gasteiger partial charge >= 0.3 is 0 Å². The molecule has 0 amide bonds. The van der Waals surface area contributed by atoms with Gasteiger partial charge in [-0.1, -0.05) is 18.2 Å². The minimum atomic E-state index is -0.0970. The number of piperazine rings is 1. The van der Waals surface area contributed by atoms with Crippen LogP contribution in [-0.4, -0.2) is 62.2 Å². The number of halogens is 1. The van der Waals surface area contributed by atoms with Crippen LogP contribution >= 0.6 is 0 Å². The summed E-state index contributed by atoms with van der Waals surface area (Å²) in [7, 11) is 2.17. The number of nitrogens with zero attached hydrogens (tertiary/aromatic N) is 2. The van der Waals surface area contributed by atoms with Gasteiger partial charge in [-0.15, -0.1) is 0 Å². The summed E-state index contributed by atoms with van der Waals surface area (Å²) in [6, 6.07) is 7.35. The molecule has 1 atom stereocenters. The minimum Gasteiger partial charge on any atom is -0.313 e. The van der Waals surface area contributed by atoms with E-state index in [1.54, 1.807) is 6.07 Å². The Morgan fingerprint density at radius 3 is 2.60 bits per heavy atom. The third-order valence-corrected chi connectivity index (χ3v) is 4.00. The second kappa shape index (κ2) is 7.72. The van der Waals surface area contributed by atoms with E-state index >= 15 is 0 Å². The van der Waals surface area contributed by atoms with Crippen molar-refractivity contribution in [3.05, 3.63) is 35.6 Å². The predicted octanol–water partition coefficient (Wildman–Crippen LogP) is 1.59. The lowest BCUT2D eigenvalue weighted by molar-refractivity contribution is 0.154. The molecule has 1 heterocycles. The van der Waals surface area contributed by atoms with E-state index < -0.39 is 0 Å². The normalized spacial score (nSPS) is 19.1. The van der Waals surface area contributed by atoms with E-state index in [4.69, 9.17) is 0 Å². The number of nitrogens with one attached hydrogen (secondary N) is 1. The Balaban J connectivity index is 1.65. The van der Waals surface area contributed by atoms with Crippen molar-refractivity contribution in [2.75, 3.05) is 46.3 Å². The monoisotopic (exact) mass is 279 g/mol. The first-order chi connectivity index (χ1) is 9.65. The molecule has 1 fully saturated rings. The van der Waals surface area contributed by atoms with Crippen LogP contribution in [0.5, 0.6) is 0 Å². The molecule has 1 saturated heterocycles. The van der Waals surface area contributed by atoms with Gasteiger partial charge in [0, 0.05) is 45.3 Å². The van der Waals surface area contributed by atoms with Gasteiger partial charge in [-0.2, -0.15) is 0 Å². The highest BCUT2D eigenvalue weighted by Crippen LogP contribution is 2.08. The smallest absolute Gasteiger partial charge is 0.126 e. The lowest BCUT2D eigenvalue weighted by Gasteiger charge is -2.32. The number of benzene rings is 1. The van der Waals surface area contributed by atoms with Gasteiger partial charge in [-0.25, -0.2) is 4.39 Å². The standard InChI is InChI=1S/C16H26FN3/c1-14(13-15-5-3-4-6-16(15)17)18-7-8-20-11-9-19(2)10-12-20/h3-6,14,18H,7-13H2,1-2H3. The summed E-state index contributed by atoms with van der Waals surface area (Å²) in [5.41, 5.74) is 0.798. The molecule has 0 aromatic heterocycles. The first-order valence-electron chi connectivity index (χ1n) is 7.53. The molecule has 1 aromatic rings. The maximum Gasteiger partial charge on any atom is 0.126 e. The van der Waals surface area contributed by atoms with Crippen molar-refractivity contribution in [1.82, 2.24) is 15.1 Å². The zero-order valence-electron chi connectivity index (χ0n) is 12.6. The van der Waals surface area contributed by atoms with E-state index in [1.165, 1.54) is 6.07 Å². The molecule has 2 rings (SSSR count). The largest absolute Gasteiger partial charge is 0.313 e. The maximum atomic E-state index is 13.6. The van der Waals surface area contributed by atoms with Gasteiger partial charge in [-0.3, -0.25) is 4.90 Å². The van der Waals surface area contributed by atoms with Gasteiger partial charge in [0.25, 0.3) is 0 Å². The van der Waals surface area contributed by atoms with E-state index in [2.05, 4.69) is 29.1 Å². The third-order valence-electron chi connectivity index (χ3n) is 4.00. The van der Waals surface area contributed by atoms with Crippen LogP contribution in [0.3, 0.4) is 0 Å². The molecule has 0 aliphatic carbocycles. The Labute approximate surface area is 121 Å². The molecule has 1 aliphatic rings. The second-order valence-electron chi connectivity index (χ2n) is 5.80. The lowest BCUT2D eigenvalue weighted by Crippen LogP contribution is -2.47. The van der Waals surface area contributed by atoms with Gasteiger partial charge in [0.15, 0.2) is 0 Å². The Hall–Kier alpha value is -0.970. The molecule has 1 unspecified atom stereocenters. The molecular weight excluding hydrogens is 253 g/mol. The average molecular weight is 279 g/mol. The molecule has 1 N–H and O–H groups in total. The molecule has 4 heteroatoms. The van der Waals surface area contributed by atoms with E-state index in [0.717, 1.165) is 51.3 Å². The first-order valence-corrected chi connectivity index (χ1v) is 7.53. The summed E-state index contributed by atoms with van der Waals surface area (Å²) in [6.07, 6.45) is 0.745. The molecule has 3 nitrogen and oxygen atoms in total. The lowest BCUT2D eigenvalue weighted by atomic mass is 10.1. The summed E-state index contributed by atoms with van der Waals surface area (Å²) < 4.78 is 13.6. The van der Waals surface area contributed by atoms with E-state index in [1.807, 2.05) is 12.1 Å². The van der Waals surface area contributed by atoms with Crippen LogP contribution in [-0.2, 0) is 6.42 Å². The van der Waals surface area contributed by atoms with Crippen LogP contribution in [0.4, 0.5) is 4.39 Å². The van der Waals surface area contributed by atoms with Crippen LogP contribution in [0.15, 0.2) is 24.3 Å². The van der Waals surface area contributed by atoms with Gasteiger partial charge in [0.2, 0.25) is 0 Å². The summed E-state index contributed by atoms with van der Waals surface area (Å²) in [4.78, 5) is 4.85. The zero-order chi connectivity index (χ0) is 14.4. The fourth-order valence-corrected chi connectivity index (χ4v) is 2.61. The van der Waals surface area contributed by atoms with Crippen LogP contribution in [0.25, 0.3) is 0 Å². The van der Waals surface area contributed by atoms with Crippen LogP contribution < -0.4 is 5.32 Å². The molecule has 1 aliphatic heterocycles. The summed E-state index contributed by atoms with van der Waals surface area (Å²) >= 11 is 0. The van der Waals surface area contributed by atoms with Crippen molar-refractivity contribution in [1.29, 1.82) is 0 Å². The van der Waals surface area contributed by atoms with Crippen molar-refractivity contribution in [3.8, 4) is 0 Å². The third kappa shape index (κ3) is 4.85. The number of likely N-dealkylation sites (N-methyl/N-ethyl adjacent to an activating group) is 1. The number of hydrogen-bond acceptors (Lipinski definition) is 3. The zero-order valence-corrected chi connectivity index (χ0v) is 12.6. The van der Waals surface area contributed by atoms with E-state index in [9.17, 15) is 4.39 Å². The molecular formula is C16H26FN3. The summed E-state index contributed by atoms with van der Waals surface area (Å²) in [6.45, 7) is 8.79. The highest BCUT2D eigenvalue weighted by molar-refractivity contribution is 5.18. The summed E-state index contributed by atoms with van der Waals surface area (Å²) in [5.74, 6) is -0.0970. The highest BCUT2D eigenvalue weighted by atomic mass is 19.1. The fraction of sp³-hybridized carbons (Fsp3) is 0.625.